The molecule has 0 spiro atoms. The van der Waals surface area contributed by atoms with Gasteiger partial charge in [0.05, 0.1) is 0 Å². The fourth-order valence-corrected chi connectivity index (χ4v) is 11.0. The van der Waals surface area contributed by atoms with Gasteiger partial charge in [0.25, 0.3) is 0 Å². The Bertz CT molecular complexity index is 2590. The number of hydrogen-bond acceptors (Lipinski definition) is 1. The third-order valence-corrected chi connectivity index (χ3v) is 18.5. The second kappa shape index (κ2) is 98.7. The van der Waals surface area contributed by atoms with Gasteiger partial charge in [-0.2, -0.15) is 0 Å². The van der Waals surface area contributed by atoms with Gasteiger partial charge in [0, 0.05) is 0 Å². The normalized spacial score (nSPS) is 9.42. The van der Waals surface area contributed by atoms with Crippen molar-refractivity contribution < 1.29 is 4.74 Å². The van der Waals surface area contributed by atoms with Gasteiger partial charge in [-0.25, -0.2) is 0 Å². The fourth-order valence-electron chi connectivity index (χ4n) is 11.0. The summed E-state index contributed by atoms with van der Waals surface area (Å²) in [5.74, 6) is 2.67. The Kier molecular flexibility index (Phi) is 122. The van der Waals surface area contributed by atoms with Gasteiger partial charge in [-0.3, -0.25) is 0 Å². The third-order valence-electron chi connectivity index (χ3n) is 18.5. The lowest BCUT2D eigenvalue weighted by Crippen LogP contribution is -2.14. The van der Waals surface area contributed by atoms with Crippen molar-refractivity contribution in [3.05, 3.63) is 236 Å². The molecule has 0 amide bonds. The average molecular weight is 1570 g/mol. The molecule has 0 bridgehead atoms. The standard InChI is InChI=1S/C15H16.C14H14O.C14H30.C11H24.C10H22.C9H12.2C8H10.C8H18.C4H10.11CH4/c1-12-3-7-14(8-4-12)11-15-9-5-13(2)6-10-15;1-11-3-7-13(8-4-11)15-14-9-5-12(2)6-10-14;1-3-5-7-9-11-13-14-12-10-8-6-4-2;1-6-8-10(3)9-11(4,5)7-2;1-3-5-7-9-10-8-6-4-2;1-7-4-5-8(2)9(3)6-7;1-7-3-5-8(2)6-4-7;1-7-4-3-5-8(2)6-7;1-3-5-7-8-6-4-2;1-3-4-2;;;;;;;;;;;/h3-10H,11H2,1-2H3;3-10H,1-2H3;3-14H2,1-2H3;10H,6-9H2,1-5H3;3-10H2,1-2H3;4-6H,1-3H3;2*3-6H,1-2H3;3-8H2,1-2H3;3-4H2,1-2H3;11*1H4. The van der Waals surface area contributed by atoms with Crippen molar-refractivity contribution >= 4 is 0 Å². The van der Waals surface area contributed by atoms with Gasteiger partial charge >= 0.3 is 0 Å². The van der Waals surface area contributed by atoms with Crippen molar-refractivity contribution in [3.63, 3.8) is 0 Å². The molecule has 7 aromatic carbocycles. The second-order valence-corrected chi connectivity index (χ2v) is 30.5. The number of unbranched alkanes of at least 4 members (excludes halogenated alkanes) is 24. The molecule has 0 aliphatic heterocycles. The van der Waals surface area contributed by atoms with E-state index in [2.05, 4.69) is 281 Å². The van der Waals surface area contributed by atoms with Crippen molar-refractivity contribution in [1.29, 1.82) is 0 Å². The van der Waals surface area contributed by atoms with E-state index in [1.54, 1.807) is 0 Å². The molecule has 0 saturated heterocycles. The van der Waals surface area contributed by atoms with Gasteiger partial charge in [-0.1, -0.05) is 560 Å². The van der Waals surface area contributed by atoms with Gasteiger partial charge in [-0.05, 0) is 147 Å². The highest BCUT2D eigenvalue weighted by molar-refractivity contribution is 5.35. The molecule has 0 aliphatic rings. The molecule has 0 aliphatic carbocycles. The van der Waals surface area contributed by atoms with Gasteiger partial charge in [-0.15, -0.1) is 0 Å². The van der Waals surface area contributed by atoms with E-state index in [0.717, 1.165) is 23.8 Å². The zero-order valence-electron chi connectivity index (χ0n) is 71.9. The van der Waals surface area contributed by atoms with Crippen molar-refractivity contribution in [2.24, 2.45) is 11.3 Å². The lowest BCUT2D eigenvalue weighted by atomic mass is 9.80. The van der Waals surface area contributed by atoms with E-state index in [0.29, 0.717) is 5.41 Å². The van der Waals surface area contributed by atoms with E-state index in [1.807, 2.05) is 48.5 Å². The first-order valence-corrected chi connectivity index (χ1v) is 42.0. The van der Waals surface area contributed by atoms with E-state index in [-0.39, 0.29) is 81.7 Å². The maximum absolute atomic E-state index is 5.69. The van der Waals surface area contributed by atoms with Crippen LogP contribution in [-0.2, 0) is 6.42 Å². The molecule has 1 unspecified atom stereocenters. The van der Waals surface area contributed by atoms with Crippen LogP contribution in [0, 0.1) is 87.5 Å². The van der Waals surface area contributed by atoms with Crippen LogP contribution in [0.5, 0.6) is 11.5 Å². The number of ether oxygens (including phenoxy) is 1. The molecule has 7 rings (SSSR count). The molecular weight excluding hydrogens is 1360 g/mol. The Morgan fingerprint density at radius 3 is 0.681 bits per heavy atom. The van der Waals surface area contributed by atoms with E-state index in [1.165, 1.54) is 278 Å². The predicted molar refractivity (Wildman–Crippen MR) is 542 cm³/mol. The van der Waals surface area contributed by atoms with Crippen molar-refractivity contribution in [2.75, 3.05) is 0 Å². The summed E-state index contributed by atoms with van der Waals surface area (Å²) >= 11 is 0. The summed E-state index contributed by atoms with van der Waals surface area (Å²) in [5, 5.41) is 0. The van der Waals surface area contributed by atoms with Crippen LogP contribution in [-0.4, -0.2) is 0 Å². The SMILES string of the molecule is C.C.C.C.C.C.C.C.C.C.C.CCCC.CCCC(C)CC(C)(C)CC.CCCCCCCC.CCCCCCCCCC.CCCCCCCCCCCCCC.Cc1ccc(C)c(C)c1.Cc1ccc(C)cc1.Cc1ccc(Cc2ccc(C)cc2)cc1.Cc1ccc(Oc2ccc(C)cc2)cc1.Cc1cccc(C)c1. The number of aryl methyl sites for hydroxylation is 11. The highest BCUT2D eigenvalue weighted by Crippen LogP contribution is 2.30. The predicted octanol–water partition coefficient (Wildman–Crippen LogP) is 41.5. The molecule has 0 N–H and O–H groups in total. The topological polar surface area (TPSA) is 9.23 Å². The largest absolute Gasteiger partial charge is 0.457 e. The molecular formula is C112H210O. The van der Waals surface area contributed by atoms with Crippen LogP contribution in [0.1, 0.15) is 449 Å². The fraction of sp³-hybridized carbons (Fsp3) is 0.625. The summed E-state index contributed by atoms with van der Waals surface area (Å²) in [6.07, 6.45) is 46.5. The molecule has 1 nitrogen and oxygen atoms in total. The Balaban J connectivity index is -0.0000000806. The Morgan fingerprint density at radius 2 is 0.478 bits per heavy atom. The molecule has 0 heterocycles. The van der Waals surface area contributed by atoms with Gasteiger partial charge in [0.1, 0.15) is 11.5 Å². The Hall–Kier alpha value is -5.66. The Morgan fingerprint density at radius 1 is 0.248 bits per heavy atom. The van der Waals surface area contributed by atoms with Gasteiger partial charge < -0.3 is 4.74 Å². The minimum absolute atomic E-state index is 0. The number of rotatable bonds is 33. The molecule has 113 heavy (non-hydrogen) atoms. The molecule has 0 radical (unpaired) electrons. The summed E-state index contributed by atoms with van der Waals surface area (Å²) in [7, 11) is 0. The van der Waals surface area contributed by atoms with Crippen LogP contribution in [0.3, 0.4) is 0 Å². The first kappa shape index (κ1) is 139. The molecule has 1 heteroatoms. The molecule has 0 fully saturated rings. The van der Waals surface area contributed by atoms with Gasteiger partial charge in [0.2, 0.25) is 0 Å². The van der Waals surface area contributed by atoms with Crippen LogP contribution in [0.2, 0.25) is 0 Å². The molecule has 7 aromatic rings. The molecule has 0 aromatic heterocycles. The number of benzene rings is 7. The van der Waals surface area contributed by atoms with Crippen LogP contribution in [0.15, 0.2) is 164 Å². The Labute approximate surface area is 719 Å². The van der Waals surface area contributed by atoms with Crippen LogP contribution in [0.25, 0.3) is 0 Å². The summed E-state index contributed by atoms with van der Waals surface area (Å²) in [5.41, 5.74) is 17.9. The zero-order chi connectivity index (χ0) is 76.9. The van der Waals surface area contributed by atoms with Crippen LogP contribution >= 0.6 is 0 Å². The lowest BCUT2D eigenvalue weighted by Gasteiger charge is -2.26. The van der Waals surface area contributed by atoms with Gasteiger partial charge in [0.15, 0.2) is 0 Å². The maximum Gasteiger partial charge on any atom is 0.127 e. The number of hydrogen-bond donors (Lipinski definition) is 0. The van der Waals surface area contributed by atoms with E-state index in [4.69, 9.17) is 4.74 Å². The van der Waals surface area contributed by atoms with E-state index < -0.39 is 0 Å². The summed E-state index contributed by atoms with van der Waals surface area (Å²) in [6, 6.07) is 57.0. The summed E-state index contributed by atoms with van der Waals surface area (Å²) in [4.78, 5) is 0. The summed E-state index contributed by atoms with van der Waals surface area (Å²) < 4.78 is 5.69. The van der Waals surface area contributed by atoms with Crippen LogP contribution < -0.4 is 4.74 Å². The van der Waals surface area contributed by atoms with Crippen molar-refractivity contribution in [2.45, 2.75) is 460 Å². The third kappa shape index (κ3) is 95.1. The quantitative estimate of drug-likeness (QED) is 0.0373. The smallest absolute Gasteiger partial charge is 0.127 e. The van der Waals surface area contributed by atoms with E-state index in [9.17, 15) is 0 Å². The van der Waals surface area contributed by atoms with Crippen molar-refractivity contribution in [1.82, 2.24) is 0 Å². The molecule has 1 atom stereocenters. The highest BCUT2D eigenvalue weighted by atomic mass is 16.5. The highest BCUT2D eigenvalue weighted by Gasteiger charge is 2.18. The first-order valence-electron chi connectivity index (χ1n) is 42.0. The van der Waals surface area contributed by atoms with Crippen LogP contribution in [0.4, 0.5) is 0 Å². The average Bonchev–Trinajstić information content (AvgIpc) is 0.896. The first-order chi connectivity index (χ1) is 48.9. The zero-order valence-corrected chi connectivity index (χ0v) is 71.9. The van der Waals surface area contributed by atoms with E-state index >= 15 is 0 Å². The van der Waals surface area contributed by atoms with Crippen molar-refractivity contribution in [3.8, 4) is 11.5 Å². The maximum atomic E-state index is 5.69. The summed E-state index contributed by atoms with van der Waals surface area (Å²) in [6.45, 7) is 52.8. The minimum Gasteiger partial charge on any atom is -0.457 e. The molecule has 664 valence electrons. The monoisotopic (exact) mass is 1570 g/mol. The second-order valence-electron chi connectivity index (χ2n) is 30.5. The lowest BCUT2D eigenvalue weighted by molar-refractivity contribution is 0.258. The molecule has 0 saturated carbocycles. The minimum atomic E-state index is 0.